The molecule has 10 nitrogen and oxygen atoms in total. The second kappa shape index (κ2) is 18.5. The number of primary sulfonamides is 1. The lowest BCUT2D eigenvalue weighted by atomic mass is 9.87. The number of carbonyl (C=O) groups is 3. The van der Waals surface area contributed by atoms with Crippen molar-refractivity contribution in [2.24, 2.45) is 17.0 Å². The lowest BCUT2D eigenvalue weighted by Gasteiger charge is -2.32. The number of benzene rings is 4. The fourth-order valence-electron chi connectivity index (χ4n) is 7.57. The molecule has 2 fully saturated rings. The SMILES string of the molecule is NS(=O)(=O)c1ccc(CN(Cc2cccc(-c3cccc(C(=O)N4CCC(CCCC5CCNCC5)CC4)c3)c2)C(=O)CNC(=O)c2ccccc2)cc1. The highest BCUT2D eigenvalue weighted by atomic mass is 32.2. The Bertz CT molecular complexity index is 1990. The maximum Gasteiger partial charge on any atom is 0.253 e. The molecule has 11 heteroatoms. The molecule has 4 aromatic carbocycles. The molecule has 0 saturated carbocycles. The van der Waals surface area contributed by atoms with Gasteiger partial charge >= 0.3 is 0 Å². The Morgan fingerprint density at radius 2 is 1.33 bits per heavy atom. The fraction of sp³-hybridized carbons (Fsp3) is 0.372. The molecule has 2 heterocycles. The van der Waals surface area contributed by atoms with E-state index in [0.717, 1.165) is 61.6 Å². The first-order valence-electron chi connectivity index (χ1n) is 19.0. The van der Waals surface area contributed by atoms with Gasteiger partial charge in [-0.05, 0) is 115 Å². The van der Waals surface area contributed by atoms with Gasteiger partial charge in [0, 0.05) is 37.3 Å². The molecule has 3 amide bonds. The van der Waals surface area contributed by atoms with Crippen LogP contribution in [0, 0.1) is 11.8 Å². The lowest BCUT2D eigenvalue weighted by Crippen LogP contribution is -2.39. The predicted molar refractivity (Wildman–Crippen MR) is 211 cm³/mol. The molecule has 0 radical (unpaired) electrons. The third-order valence-corrected chi connectivity index (χ3v) is 11.7. The van der Waals surface area contributed by atoms with E-state index in [0.29, 0.717) is 22.6 Å². The van der Waals surface area contributed by atoms with Gasteiger partial charge in [0.05, 0.1) is 11.4 Å². The number of rotatable bonds is 14. The molecular formula is C43H51N5O5S. The van der Waals surface area contributed by atoms with E-state index in [1.807, 2.05) is 59.5 Å². The van der Waals surface area contributed by atoms with Crippen LogP contribution < -0.4 is 15.8 Å². The summed E-state index contributed by atoms with van der Waals surface area (Å²) in [4.78, 5) is 43.6. The van der Waals surface area contributed by atoms with Crippen molar-refractivity contribution in [1.82, 2.24) is 20.4 Å². The van der Waals surface area contributed by atoms with E-state index >= 15 is 0 Å². The van der Waals surface area contributed by atoms with Gasteiger partial charge in [0.2, 0.25) is 15.9 Å². The summed E-state index contributed by atoms with van der Waals surface area (Å²) in [5, 5.41) is 11.5. The molecule has 0 spiro atoms. The Morgan fingerprint density at radius 1 is 0.722 bits per heavy atom. The second-order valence-electron chi connectivity index (χ2n) is 14.6. The number of nitrogens with two attached hydrogens (primary N) is 1. The summed E-state index contributed by atoms with van der Waals surface area (Å²) < 4.78 is 23.6. The van der Waals surface area contributed by atoms with Gasteiger partial charge in [-0.15, -0.1) is 0 Å². The molecular weight excluding hydrogens is 699 g/mol. The van der Waals surface area contributed by atoms with Gasteiger partial charge in [-0.2, -0.15) is 0 Å². The van der Waals surface area contributed by atoms with Crippen molar-refractivity contribution >= 4 is 27.7 Å². The largest absolute Gasteiger partial charge is 0.343 e. The maximum atomic E-state index is 13.7. The van der Waals surface area contributed by atoms with Gasteiger partial charge in [-0.25, -0.2) is 13.6 Å². The van der Waals surface area contributed by atoms with E-state index in [1.165, 1.54) is 44.2 Å². The quantitative estimate of drug-likeness (QED) is 0.145. The number of sulfonamides is 1. The number of piperidine rings is 2. The van der Waals surface area contributed by atoms with Crippen LogP contribution in [0.3, 0.4) is 0 Å². The van der Waals surface area contributed by atoms with E-state index in [-0.39, 0.29) is 42.3 Å². The van der Waals surface area contributed by atoms with Crippen LogP contribution >= 0.6 is 0 Å². The molecule has 2 aliphatic rings. The summed E-state index contributed by atoms with van der Waals surface area (Å²) in [6.45, 7) is 4.07. The smallest absolute Gasteiger partial charge is 0.253 e. The Morgan fingerprint density at radius 3 is 2.02 bits per heavy atom. The summed E-state index contributed by atoms with van der Waals surface area (Å²) >= 11 is 0. The highest BCUT2D eigenvalue weighted by molar-refractivity contribution is 7.89. The van der Waals surface area contributed by atoms with Crippen molar-refractivity contribution in [3.63, 3.8) is 0 Å². The van der Waals surface area contributed by atoms with Crippen LogP contribution in [-0.2, 0) is 27.9 Å². The van der Waals surface area contributed by atoms with Crippen LogP contribution in [0.25, 0.3) is 11.1 Å². The predicted octanol–water partition coefficient (Wildman–Crippen LogP) is 5.98. The van der Waals surface area contributed by atoms with Crippen LogP contribution in [0.4, 0.5) is 0 Å². The Balaban J connectivity index is 1.10. The number of hydrogen-bond acceptors (Lipinski definition) is 6. The zero-order valence-electron chi connectivity index (χ0n) is 30.8. The first-order chi connectivity index (χ1) is 26.1. The Labute approximate surface area is 319 Å². The van der Waals surface area contributed by atoms with Crippen molar-refractivity contribution in [2.45, 2.75) is 62.9 Å². The normalized spacial score (nSPS) is 15.5. The third-order valence-electron chi connectivity index (χ3n) is 10.7. The molecule has 0 bridgehead atoms. The van der Waals surface area contributed by atoms with Gasteiger partial charge in [-0.3, -0.25) is 14.4 Å². The highest BCUT2D eigenvalue weighted by Crippen LogP contribution is 2.28. The summed E-state index contributed by atoms with van der Waals surface area (Å²) in [6.07, 6.45) is 8.58. The number of carbonyl (C=O) groups excluding carboxylic acids is 3. The molecule has 0 unspecified atom stereocenters. The first-order valence-corrected chi connectivity index (χ1v) is 20.6. The lowest BCUT2D eigenvalue weighted by molar-refractivity contribution is -0.131. The zero-order chi connectivity index (χ0) is 37.9. The van der Waals surface area contributed by atoms with Crippen molar-refractivity contribution in [3.05, 3.63) is 125 Å². The minimum Gasteiger partial charge on any atom is -0.343 e. The van der Waals surface area contributed by atoms with Gasteiger partial charge in [0.15, 0.2) is 0 Å². The van der Waals surface area contributed by atoms with Crippen LogP contribution in [0.15, 0.2) is 108 Å². The van der Waals surface area contributed by atoms with Crippen LogP contribution in [0.5, 0.6) is 0 Å². The van der Waals surface area contributed by atoms with E-state index in [4.69, 9.17) is 5.14 Å². The van der Waals surface area contributed by atoms with Gasteiger partial charge in [-0.1, -0.05) is 79.9 Å². The van der Waals surface area contributed by atoms with E-state index in [2.05, 4.69) is 10.6 Å². The molecule has 4 aromatic rings. The van der Waals surface area contributed by atoms with Crippen molar-refractivity contribution < 1.29 is 22.8 Å². The van der Waals surface area contributed by atoms with Gasteiger partial charge in [0.25, 0.3) is 11.8 Å². The average Bonchev–Trinajstić information content (AvgIpc) is 3.20. The van der Waals surface area contributed by atoms with Gasteiger partial charge < -0.3 is 20.4 Å². The number of likely N-dealkylation sites (tertiary alicyclic amines) is 1. The average molecular weight is 750 g/mol. The first kappa shape index (κ1) is 38.9. The molecule has 2 aliphatic heterocycles. The molecule has 6 rings (SSSR count). The monoisotopic (exact) mass is 749 g/mol. The van der Waals surface area contributed by atoms with Crippen LogP contribution in [0.1, 0.15) is 76.8 Å². The molecule has 4 N–H and O–H groups in total. The topological polar surface area (TPSA) is 142 Å². The summed E-state index contributed by atoms with van der Waals surface area (Å²) in [5.41, 5.74) is 4.49. The van der Waals surface area contributed by atoms with E-state index < -0.39 is 10.0 Å². The molecule has 54 heavy (non-hydrogen) atoms. The molecule has 0 aliphatic carbocycles. The summed E-state index contributed by atoms with van der Waals surface area (Å²) in [6, 6.07) is 30.3. The maximum absolute atomic E-state index is 13.7. The second-order valence-corrected chi connectivity index (χ2v) is 16.2. The summed E-state index contributed by atoms with van der Waals surface area (Å²) in [7, 11) is -3.87. The number of nitrogens with zero attached hydrogens (tertiary/aromatic N) is 2. The van der Waals surface area contributed by atoms with Gasteiger partial charge in [0.1, 0.15) is 0 Å². The van der Waals surface area contributed by atoms with Crippen molar-refractivity contribution in [3.8, 4) is 11.1 Å². The fourth-order valence-corrected chi connectivity index (χ4v) is 8.09. The van der Waals surface area contributed by atoms with E-state index in [1.54, 1.807) is 41.3 Å². The van der Waals surface area contributed by atoms with Crippen molar-refractivity contribution in [2.75, 3.05) is 32.7 Å². The van der Waals surface area contributed by atoms with E-state index in [9.17, 15) is 22.8 Å². The molecule has 284 valence electrons. The third kappa shape index (κ3) is 10.9. The number of hydrogen-bond donors (Lipinski definition) is 3. The minimum absolute atomic E-state index is 0.0181. The zero-order valence-corrected chi connectivity index (χ0v) is 31.6. The molecule has 0 aromatic heterocycles. The standard InChI is InChI=1S/C43H51N5O5S/c44-54(52,53)40-17-15-34(16-18-40)30-48(41(49)29-46-42(50)36-10-2-1-3-11-36)31-35-9-5-12-37(27-35)38-13-6-14-39(28-38)43(51)47-25-21-33(22-26-47)8-4-7-32-19-23-45-24-20-32/h1-3,5-6,9-18,27-28,32-33,45H,4,7-8,19-26,29-31H2,(H,46,50)(H2,44,52,53). The number of nitrogens with one attached hydrogen (secondary N) is 2. The molecule has 2 saturated heterocycles. The van der Waals surface area contributed by atoms with Crippen molar-refractivity contribution in [1.29, 1.82) is 0 Å². The Kier molecular flexibility index (Phi) is 13.3. The minimum atomic E-state index is -3.87. The van der Waals surface area contributed by atoms with Crippen LogP contribution in [0.2, 0.25) is 0 Å². The van der Waals surface area contributed by atoms with Crippen LogP contribution in [-0.4, -0.2) is 68.7 Å². The highest BCUT2D eigenvalue weighted by Gasteiger charge is 2.24. The molecule has 0 atom stereocenters. The Hall–Kier alpha value is -4.84. The number of amides is 3. The summed E-state index contributed by atoms with van der Waals surface area (Å²) in [5.74, 6) is 0.955.